The Morgan fingerprint density at radius 2 is 1.48 bits per heavy atom. The Balaban J connectivity index is 2.75. The molecule has 0 aliphatic carbocycles. The first-order chi connectivity index (χ1) is 9.96. The molecule has 1 rings (SSSR count). The number of hydrogen-bond donors (Lipinski definition) is 1. The van der Waals surface area contributed by atoms with Crippen molar-refractivity contribution in [3.63, 3.8) is 0 Å². The number of methoxy groups -OCH3 is 1. The summed E-state index contributed by atoms with van der Waals surface area (Å²) in [5.74, 6) is 2.39. The normalized spacial score (nSPS) is 13.2. The van der Waals surface area contributed by atoms with Gasteiger partial charge in [0.1, 0.15) is 5.75 Å². The number of rotatable bonds is 9. The maximum absolute atomic E-state index is 5.25. The molecular weight excluding hydrogens is 258 g/mol. The summed E-state index contributed by atoms with van der Waals surface area (Å²) in [7, 11) is 1.71. The van der Waals surface area contributed by atoms with E-state index < -0.39 is 0 Å². The van der Waals surface area contributed by atoms with E-state index in [1.807, 2.05) is 0 Å². The fourth-order valence-corrected chi connectivity index (χ4v) is 2.94. The van der Waals surface area contributed by atoms with Crippen LogP contribution >= 0.6 is 0 Å². The monoisotopic (exact) mass is 291 g/mol. The molecule has 0 aliphatic rings. The molecule has 0 heterocycles. The van der Waals surface area contributed by atoms with Crippen LogP contribution in [0.3, 0.4) is 0 Å². The molecule has 1 N–H and O–H groups in total. The van der Waals surface area contributed by atoms with Gasteiger partial charge >= 0.3 is 0 Å². The van der Waals surface area contributed by atoms with Crippen molar-refractivity contribution in [2.45, 2.75) is 66.0 Å². The van der Waals surface area contributed by atoms with Crippen LogP contribution in [0.25, 0.3) is 0 Å². The Hall–Kier alpha value is -1.02. The van der Waals surface area contributed by atoms with E-state index in [0.717, 1.165) is 24.0 Å². The second-order valence-corrected chi connectivity index (χ2v) is 6.86. The summed E-state index contributed by atoms with van der Waals surface area (Å²) in [6.07, 6.45) is 3.59. The zero-order valence-corrected chi connectivity index (χ0v) is 14.6. The Bertz CT molecular complexity index is 373. The van der Waals surface area contributed by atoms with E-state index in [9.17, 15) is 0 Å². The van der Waals surface area contributed by atoms with Crippen molar-refractivity contribution in [3.05, 3.63) is 29.8 Å². The Morgan fingerprint density at radius 1 is 0.952 bits per heavy atom. The van der Waals surface area contributed by atoms with Crippen LogP contribution in [0.4, 0.5) is 0 Å². The van der Waals surface area contributed by atoms with Crippen molar-refractivity contribution < 1.29 is 4.74 Å². The van der Waals surface area contributed by atoms with Gasteiger partial charge in [0, 0.05) is 12.1 Å². The molecule has 0 aliphatic heterocycles. The lowest BCUT2D eigenvalue weighted by molar-refractivity contribution is 0.323. The van der Waals surface area contributed by atoms with Crippen molar-refractivity contribution in [2.24, 2.45) is 11.8 Å². The molecule has 0 radical (unpaired) electrons. The van der Waals surface area contributed by atoms with Crippen LogP contribution in [0.2, 0.25) is 0 Å². The third kappa shape index (κ3) is 6.52. The first-order valence-corrected chi connectivity index (χ1v) is 8.36. The smallest absolute Gasteiger partial charge is 0.118 e. The maximum Gasteiger partial charge on any atom is 0.118 e. The van der Waals surface area contributed by atoms with E-state index in [2.05, 4.69) is 64.2 Å². The van der Waals surface area contributed by atoms with Gasteiger partial charge in [-0.25, -0.2) is 0 Å². The second-order valence-electron chi connectivity index (χ2n) is 6.86. The average Bonchev–Trinajstić information content (AvgIpc) is 2.43. The minimum atomic E-state index is 0.429. The Labute approximate surface area is 131 Å². The quantitative estimate of drug-likeness (QED) is 0.675. The molecule has 0 aromatic heterocycles. The highest BCUT2D eigenvalue weighted by molar-refractivity contribution is 5.29. The SMILES string of the molecule is CCC(NC(CC(C)C)CC(C)C)c1ccc(OC)cc1. The van der Waals surface area contributed by atoms with Gasteiger partial charge in [0.15, 0.2) is 0 Å². The van der Waals surface area contributed by atoms with Crippen LogP contribution in [-0.2, 0) is 0 Å². The fraction of sp³-hybridized carbons (Fsp3) is 0.684. The third-order valence-corrected chi connectivity index (χ3v) is 3.88. The van der Waals surface area contributed by atoms with Gasteiger partial charge in [-0.05, 0) is 48.8 Å². The van der Waals surface area contributed by atoms with Gasteiger partial charge in [-0.1, -0.05) is 46.8 Å². The van der Waals surface area contributed by atoms with E-state index in [-0.39, 0.29) is 0 Å². The second kappa shape index (κ2) is 9.09. The summed E-state index contributed by atoms with van der Waals surface area (Å²) in [6, 6.07) is 9.50. The molecule has 0 spiro atoms. The fourth-order valence-electron chi connectivity index (χ4n) is 2.94. The lowest BCUT2D eigenvalue weighted by Crippen LogP contribution is -2.35. The first-order valence-electron chi connectivity index (χ1n) is 8.36. The van der Waals surface area contributed by atoms with Gasteiger partial charge in [0.25, 0.3) is 0 Å². The van der Waals surface area contributed by atoms with Crippen LogP contribution < -0.4 is 10.1 Å². The molecule has 120 valence electrons. The summed E-state index contributed by atoms with van der Waals surface area (Å²) >= 11 is 0. The zero-order chi connectivity index (χ0) is 15.8. The van der Waals surface area contributed by atoms with Gasteiger partial charge in [-0.3, -0.25) is 0 Å². The zero-order valence-electron chi connectivity index (χ0n) is 14.6. The van der Waals surface area contributed by atoms with Crippen molar-refractivity contribution in [2.75, 3.05) is 7.11 Å². The summed E-state index contributed by atoms with van der Waals surface area (Å²) in [4.78, 5) is 0. The van der Waals surface area contributed by atoms with Crippen LogP contribution in [0.15, 0.2) is 24.3 Å². The van der Waals surface area contributed by atoms with Crippen LogP contribution in [0.1, 0.15) is 65.5 Å². The summed E-state index contributed by atoms with van der Waals surface area (Å²) in [5.41, 5.74) is 1.36. The molecular formula is C19H33NO. The van der Waals surface area contributed by atoms with Gasteiger partial charge in [-0.2, -0.15) is 0 Å². The Morgan fingerprint density at radius 3 is 1.86 bits per heavy atom. The number of ether oxygens (including phenoxy) is 1. The molecule has 0 saturated carbocycles. The highest BCUT2D eigenvalue weighted by atomic mass is 16.5. The van der Waals surface area contributed by atoms with Crippen LogP contribution in [0, 0.1) is 11.8 Å². The Kier molecular flexibility index (Phi) is 7.81. The third-order valence-electron chi connectivity index (χ3n) is 3.88. The number of nitrogens with one attached hydrogen (secondary N) is 1. The minimum absolute atomic E-state index is 0.429. The first kappa shape index (κ1) is 18.0. The molecule has 21 heavy (non-hydrogen) atoms. The predicted molar refractivity (Wildman–Crippen MR) is 91.9 cm³/mol. The van der Waals surface area contributed by atoms with E-state index in [0.29, 0.717) is 12.1 Å². The molecule has 0 amide bonds. The van der Waals surface area contributed by atoms with Crippen molar-refractivity contribution >= 4 is 0 Å². The average molecular weight is 291 g/mol. The molecule has 1 aromatic carbocycles. The molecule has 1 aromatic rings. The van der Waals surface area contributed by atoms with E-state index in [4.69, 9.17) is 4.74 Å². The van der Waals surface area contributed by atoms with Crippen LogP contribution in [0.5, 0.6) is 5.75 Å². The lowest BCUT2D eigenvalue weighted by Gasteiger charge is -2.28. The molecule has 2 heteroatoms. The van der Waals surface area contributed by atoms with Crippen LogP contribution in [-0.4, -0.2) is 13.2 Å². The molecule has 1 unspecified atom stereocenters. The van der Waals surface area contributed by atoms with E-state index in [1.165, 1.54) is 18.4 Å². The topological polar surface area (TPSA) is 21.3 Å². The standard InChI is InChI=1S/C19H33NO/c1-7-19(16-8-10-18(21-6)11-9-16)20-17(12-14(2)3)13-15(4)5/h8-11,14-15,17,19-20H,7,12-13H2,1-6H3. The van der Waals surface area contributed by atoms with Crippen molar-refractivity contribution in [1.29, 1.82) is 0 Å². The highest BCUT2D eigenvalue weighted by Crippen LogP contribution is 2.23. The maximum atomic E-state index is 5.25. The molecule has 2 nitrogen and oxygen atoms in total. The number of hydrogen-bond acceptors (Lipinski definition) is 2. The van der Waals surface area contributed by atoms with Gasteiger partial charge in [0.2, 0.25) is 0 Å². The predicted octanol–water partition coefficient (Wildman–Crippen LogP) is 5.20. The van der Waals surface area contributed by atoms with Gasteiger partial charge < -0.3 is 10.1 Å². The molecule has 0 fully saturated rings. The largest absolute Gasteiger partial charge is 0.497 e. The van der Waals surface area contributed by atoms with E-state index in [1.54, 1.807) is 7.11 Å². The summed E-state index contributed by atoms with van der Waals surface area (Å²) in [5, 5.41) is 3.88. The van der Waals surface area contributed by atoms with Gasteiger partial charge in [-0.15, -0.1) is 0 Å². The van der Waals surface area contributed by atoms with Crippen molar-refractivity contribution in [3.8, 4) is 5.75 Å². The summed E-state index contributed by atoms with van der Waals surface area (Å²) < 4.78 is 5.25. The minimum Gasteiger partial charge on any atom is -0.497 e. The molecule has 0 bridgehead atoms. The summed E-state index contributed by atoms with van der Waals surface area (Å²) in [6.45, 7) is 11.5. The lowest BCUT2D eigenvalue weighted by atomic mass is 9.93. The van der Waals surface area contributed by atoms with E-state index >= 15 is 0 Å². The number of benzene rings is 1. The molecule has 0 saturated heterocycles. The highest BCUT2D eigenvalue weighted by Gasteiger charge is 2.18. The van der Waals surface area contributed by atoms with Crippen molar-refractivity contribution in [1.82, 2.24) is 5.32 Å². The molecule has 1 atom stereocenters. The van der Waals surface area contributed by atoms with Gasteiger partial charge in [0.05, 0.1) is 7.11 Å².